The maximum Gasteiger partial charge on any atom is 0.180 e. The van der Waals surface area contributed by atoms with Gasteiger partial charge in [0, 0.05) is 19.3 Å². The molecule has 3 aromatic rings. The summed E-state index contributed by atoms with van der Waals surface area (Å²) in [6.45, 7) is 6.36. The first-order valence-electron chi connectivity index (χ1n) is 9.40. The molecule has 0 bridgehead atoms. The van der Waals surface area contributed by atoms with Gasteiger partial charge in [-0.15, -0.1) is 0 Å². The number of benzene rings is 2. The molecule has 1 heterocycles. The molecule has 0 saturated heterocycles. The number of aryl methyl sites for hydroxylation is 1. The molecule has 0 aliphatic rings. The van der Waals surface area contributed by atoms with Crippen LogP contribution in [0.5, 0.6) is 11.5 Å². The fourth-order valence-electron chi connectivity index (χ4n) is 2.89. The van der Waals surface area contributed by atoms with E-state index in [9.17, 15) is 0 Å². The van der Waals surface area contributed by atoms with Gasteiger partial charge in [0.1, 0.15) is 6.61 Å². The van der Waals surface area contributed by atoms with Crippen molar-refractivity contribution >= 4 is 11.6 Å². The van der Waals surface area contributed by atoms with Crippen molar-refractivity contribution in [2.45, 2.75) is 33.5 Å². The highest BCUT2D eigenvalue weighted by molar-refractivity contribution is 6.32. The molecule has 1 aromatic heterocycles. The standard InChI is InChI=1S/C23H25ClN2O2/c1-3-27-22-13-18(14-25-15-20-10-6-7-11-26-20)12-21(24)23(22)28-16-19-9-5-4-8-17(19)2/h4-13,25H,3,14-16H2,1-2H3. The van der Waals surface area contributed by atoms with Gasteiger partial charge in [-0.2, -0.15) is 0 Å². The number of nitrogens with one attached hydrogen (secondary N) is 1. The Hall–Kier alpha value is -2.56. The van der Waals surface area contributed by atoms with Crippen molar-refractivity contribution in [2.24, 2.45) is 0 Å². The lowest BCUT2D eigenvalue weighted by atomic mass is 10.1. The second-order valence-corrected chi connectivity index (χ2v) is 6.88. The van der Waals surface area contributed by atoms with Crippen LogP contribution in [0.15, 0.2) is 60.8 Å². The van der Waals surface area contributed by atoms with Crippen LogP contribution in [0.1, 0.15) is 29.3 Å². The van der Waals surface area contributed by atoms with Crippen molar-refractivity contribution < 1.29 is 9.47 Å². The molecule has 2 aromatic carbocycles. The molecule has 3 rings (SSSR count). The van der Waals surface area contributed by atoms with Crippen molar-refractivity contribution in [3.05, 3.63) is 88.2 Å². The third-order valence-corrected chi connectivity index (χ3v) is 4.64. The van der Waals surface area contributed by atoms with Crippen LogP contribution in [0.4, 0.5) is 0 Å². The van der Waals surface area contributed by atoms with Crippen molar-refractivity contribution in [1.82, 2.24) is 10.3 Å². The van der Waals surface area contributed by atoms with Crippen molar-refractivity contribution in [2.75, 3.05) is 6.61 Å². The van der Waals surface area contributed by atoms with Gasteiger partial charge >= 0.3 is 0 Å². The van der Waals surface area contributed by atoms with Gasteiger partial charge in [0.15, 0.2) is 11.5 Å². The van der Waals surface area contributed by atoms with E-state index in [1.807, 2.05) is 49.4 Å². The molecule has 4 nitrogen and oxygen atoms in total. The minimum Gasteiger partial charge on any atom is -0.490 e. The van der Waals surface area contributed by atoms with Gasteiger partial charge in [0.05, 0.1) is 17.3 Å². The third-order valence-electron chi connectivity index (χ3n) is 4.36. The predicted molar refractivity (Wildman–Crippen MR) is 113 cm³/mol. The summed E-state index contributed by atoms with van der Waals surface area (Å²) in [5.74, 6) is 1.25. The van der Waals surface area contributed by atoms with Crippen LogP contribution in [0.25, 0.3) is 0 Å². The molecule has 5 heteroatoms. The average molecular weight is 397 g/mol. The summed E-state index contributed by atoms with van der Waals surface area (Å²) >= 11 is 6.53. The van der Waals surface area contributed by atoms with Gasteiger partial charge < -0.3 is 14.8 Å². The topological polar surface area (TPSA) is 43.4 Å². The van der Waals surface area contributed by atoms with E-state index < -0.39 is 0 Å². The van der Waals surface area contributed by atoms with E-state index in [2.05, 4.69) is 29.4 Å². The molecule has 0 aliphatic carbocycles. The Morgan fingerprint density at radius 2 is 1.82 bits per heavy atom. The molecule has 1 N–H and O–H groups in total. The lowest BCUT2D eigenvalue weighted by molar-refractivity contribution is 0.268. The van der Waals surface area contributed by atoms with Gasteiger partial charge in [0.2, 0.25) is 0 Å². The zero-order chi connectivity index (χ0) is 19.8. The van der Waals surface area contributed by atoms with E-state index >= 15 is 0 Å². The number of aromatic nitrogens is 1. The molecule has 0 atom stereocenters. The first-order chi connectivity index (χ1) is 13.7. The Kier molecular flexibility index (Phi) is 7.29. The molecular weight excluding hydrogens is 372 g/mol. The molecule has 0 fully saturated rings. The molecule has 0 radical (unpaired) electrons. The Balaban J connectivity index is 1.69. The smallest absolute Gasteiger partial charge is 0.180 e. The summed E-state index contributed by atoms with van der Waals surface area (Å²) in [6.07, 6.45) is 1.79. The number of hydrogen-bond acceptors (Lipinski definition) is 4. The quantitative estimate of drug-likeness (QED) is 0.532. The molecule has 28 heavy (non-hydrogen) atoms. The van der Waals surface area contributed by atoms with E-state index in [1.54, 1.807) is 6.20 Å². The fraction of sp³-hybridized carbons (Fsp3) is 0.261. The van der Waals surface area contributed by atoms with E-state index in [0.717, 1.165) is 16.8 Å². The van der Waals surface area contributed by atoms with Crippen LogP contribution < -0.4 is 14.8 Å². The van der Waals surface area contributed by atoms with Crippen molar-refractivity contribution in [3.8, 4) is 11.5 Å². The zero-order valence-corrected chi connectivity index (χ0v) is 17.0. The summed E-state index contributed by atoms with van der Waals surface area (Å²) in [4.78, 5) is 4.32. The number of ether oxygens (including phenoxy) is 2. The second-order valence-electron chi connectivity index (χ2n) is 6.48. The van der Waals surface area contributed by atoms with Gasteiger partial charge in [-0.1, -0.05) is 41.9 Å². The summed E-state index contributed by atoms with van der Waals surface area (Å²) in [5, 5.41) is 3.93. The van der Waals surface area contributed by atoms with Crippen LogP contribution in [-0.2, 0) is 19.7 Å². The number of rotatable bonds is 9. The Bertz CT molecular complexity index is 900. The number of halogens is 1. The fourth-order valence-corrected chi connectivity index (χ4v) is 3.17. The first-order valence-corrected chi connectivity index (χ1v) is 9.78. The SMILES string of the molecule is CCOc1cc(CNCc2ccccn2)cc(Cl)c1OCc1ccccc1C. The highest BCUT2D eigenvalue weighted by Crippen LogP contribution is 2.37. The van der Waals surface area contributed by atoms with Crippen LogP contribution in [0.2, 0.25) is 5.02 Å². The normalized spacial score (nSPS) is 10.7. The van der Waals surface area contributed by atoms with Crippen LogP contribution in [0.3, 0.4) is 0 Å². The Morgan fingerprint density at radius 3 is 2.57 bits per heavy atom. The van der Waals surface area contributed by atoms with Crippen LogP contribution >= 0.6 is 11.6 Å². The van der Waals surface area contributed by atoms with Gasteiger partial charge in [0.25, 0.3) is 0 Å². The number of hydrogen-bond donors (Lipinski definition) is 1. The summed E-state index contributed by atoms with van der Waals surface area (Å²) in [5.41, 5.74) is 4.35. The number of pyridine rings is 1. The Morgan fingerprint density at radius 1 is 1.00 bits per heavy atom. The van der Waals surface area contributed by atoms with Gasteiger partial charge in [-0.25, -0.2) is 0 Å². The summed E-state index contributed by atoms with van der Waals surface area (Å²) in [6, 6.07) is 17.9. The van der Waals surface area contributed by atoms with Gasteiger partial charge in [-0.3, -0.25) is 4.98 Å². The lowest BCUT2D eigenvalue weighted by Gasteiger charge is -2.16. The highest BCUT2D eigenvalue weighted by Gasteiger charge is 2.13. The van der Waals surface area contributed by atoms with Gasteiger partial charge in [-0.05, 0) is 54.8 Å². The number of nitrogens with zero attached hydrogens (tertiary/aromatic N) is 1. The average Bonchev–Trinajstić information content (AvgIpc) is 2.70. The monoisotopic (exact) mass is 396 g/mol. The second kappa shape index (κ2) is 10.1. The maximum atomic E-state index is 6.53. The lowest BCUT2D eigenvalue weighted by Crippen LogP contribution is -2.14. The van der Waals surface area contributed by atoms with Crippen molar-refractivity contribution in [1.29, 1.82) is 0 Å². The third kappa shape index (κ3) is 5.47. The van der Waals surface area contributed by atoms with E-state index in [1.165, 1.54) is 5.56 Å². The Labute approximate surface area is 171 Å². The molecule has 146 valence electrons. The maximum absolute atomic E-state index is 6.53. The molecular formula is C23H25ClN2O2. The molecule has 0 aliphatic heterocycles. The zero-order valence-electron chi connectivity index (χ0n) is 16.2. The van der Waals surface area contributed by atoms with Crippen LogP contribution in [-0.4, -0.2) is 11.6 Å². The minimum atomic E-state index is 0.448. The van der Waals surface area contributed by atoms with E-state index in [0.29, 0.717) is 42.8 Å². The summed E-state index contributed by atoms with van der Waals surface area (Å²) < 4.78 is 11.8. The minimum absolute atomic E-state index is 0.448. The van der Waals surface area contributed by atoms with E-state index in [-0.39, 0.29) is 0 Å². The highest BCUT2D eigenvalue weighted by atomic mass is 35.5. The molecule has 0 spiro atoms. The first kappa shape index (κ1) is 20.2. The van der Waals surface area contributed by atoms with E-state index in [4.69, 9.17) is 21.1 Å². The molecule has 0 saturated carbocycles. The van der Waals surface area contributed by atoms with Crippen LogP contribution in [0, 0.1) is 6.92 Å². The predicted octanol–water partition coefficient (Wildman–Crippen LogP) is 5.31. The molecule has 0 unspecified atom stereocenters. The molecule has 0 amide bonds. The largest absolute Gasteiger partial charge is 0.490 e. The summed E-state index contributed by atoms with van der Waals surface area (Å²) in [7, 11) is 0. The van der Waals surface area contributed by atoms with Crippen molar-refractivity contribution in [3.63, 3.8) is 0 Å².